The van der Waals surface area contributed by atoms with Crippen molar-refractivity contribution in [2.45, 2.75) is 12.2 Å². The molecule has 1 nitrogen and oxygen atoms in total. The average Bonchev–Trinajstić information content (AvgIpc) is 2.40. The van der Waals surface area contributed by atoms with E-state index in [0.717, 1.165) is 11.1 Å². The molecule has 0 aliphatic rings. The summed E-state index contributed by atoms with van der Waals surface area (Å²) in [5.74, 6) is -0.147. The molecule has 0 saturated carbocycles. The molecular formula is C15H13BO. The Hall–Kier alpha value is -1.83. The van der Waals surface area contributed by atoms with Crippen molar-refractivity contribution in [3.05, 3.63) is 71.8 Å². The van der Waals surface area contributed by atoms with Crippen LogP contribution in [0.2, 0.25) is 0 Å². The van der Waals surface area contributed by atoms with E-state index in [1.807, 2.05) is 60.7 Å². The predicted octanol–water partition coefficient (Wildman–Crippen LogP) is 3.17. The van der Waals surface area contributed by atoms with Crippen molar-refractivity contribution in [2.24, 2.45) is 0 Å². The molecule has 0 N–H and O–H groups in total. The summed E-state index contributed by atoms with van der Waals surface area (Å²) >= 11 is 0. The number of carbonyl (C=O) groups excluding carboxylic acids is 1. The highest BCUT2D eigenvalue weighted by molar-refractivity contribution is 6.15. The summed E-state index contributed by atoms with van der Waals surface area (Å²) in [4.78, 5) is 11.9. The van der Waals surface area contributed by atoms with E-state index in [4.69, 9.17) is 7.85 Å². The smallest absolute Gasteiger partial charge is 0.162 e. The monoisotopic (exact) mass is 220 g/mol. The number of rotatable bonds is 4. The van der Waals surface area contributed by atoms with Gasteiger partial charge in [0.25, 0.3) is 0 Å². The molecule has 0 bridgehead atoms. The lowest BCUT2D eigenvalue weighted by molar-refractivity contribution is 0.0981. The highest BCUT2D eigenvalue weighted by Gasteiger charge is 2.11. The average molecular weight is 220 g/mol. The highest BCUT2D eigenvalue weighted by Crippen LogP contribution is 2.18. The van der Waals surface area contributed by atoms with Crippen molar-refractivity contribution in [3.8, 4) is 0 Å². The van der Waals surface area contributed by atoms with Gasteiger partial charge in [-0.15, -0.1) is 0 Å². The fraction of sp³-hybridized carbons (Fsp3) is 0.133. The van der Waals surface area contributed by atoms with Crippen LogP contribution in [0.15, 0.2) is 60.7 Å². The molecule has 0 amide bonds. The van der Waals surface area contributed by atoms with Gasteiger partial charge in [0.05, 0.1) is 7.85 Å². The minimum Gasteiger partial charge on any atom is -0.294 e. The Morgan fingerprint density at radius 2 is 1.47 bits per heavy atom. The van der Waals surface area contributed by atoms with Crippen LogP contribution in [0.5, 0.6) is 0 Å². The number of carbonyl (C=O) groups is 1. The van der Waals surface area contributed by atoms with E-state index in [9.17, 15) is 4.79 Å². The second-order valence-corrected chi connectivity index (χ2v) is 4.01. The normalized spacial score (nSPS) is 12.0. The molecular weight excluding hydrogens is 207 g/mol. The Morgan fingerprint density at radius 3 is 2.06 bits per heavy atom. The maximum Gasteiger partial charge on any atom is 0.162 e. The summed E-state index contributed by atoms with van der Waals surface area (Å²) in [6.45, 7) is 0. The molecule has 2 aromatic carbocycles. The Kier molecular flexibility index (Phi) is 3.76. The lowest BCUT2D eigenvalue weighted by atomic mass is 9.77. The molecule has 2 aromatic rings. The van der Waals surface area contributed by atoms with Crippen LogP contribution in [0.3, 0.4) is 0 Å². The minimum absolute atomic E-state index is 0.0851. The van der Waals surface area contributed by atoms with Crippen molar-refractivity contribution < 1.29 is 4.79 Å². The van der Waals surface area contributed by atoms with Crippen LogP contribution >= 0.6 is 0 Å². The first kappa shape index (κ1) is 11.7. The van der Waals surface area contributed by atoms with Gasteiger partial charge in [0.1, 0.15) is 0 Å². The van der Waals surface area contributed by atoms with E-state index in [0.29, 0.717) is 6.42 Å². The molecule has 0 aromatic heterocycles. The van der Waals surface area contributed by atoms with E-state index >= 15 is 0 Å². The van der Waals surface area contributed by atoms with Gasteiger partial charge in [-0.05, 0) is 5.82 Å². The third-order valence-electron chi connectivity index (χ3n) is 2.73. The first-order valence-corrected chi connectivity index (χ1v) is 5.66. The molecule has 0 fully saturated rings. The van der Waals surface area contributed by atoms with Gasteiger partial charge in [0.2, 0.25) is 0 Å². The topological polar surface area (TPSA) is 17.1 Å². The van der Waals surface area contributed by atoms with Gasteiger partial charge in [-0.25, -0.2) is 0 Å². The lowest BCUT2D eigenvalue weighted by Gasteiger charge is -2.11. The number of Topliss-reactive ketones (excluding diaryl/α,β-unsaturated/α-hetero) is 1. The Morgan fingerprint density at radius 1 is 0.941 bits per heavy atom. The summed E-state index contributed by atoms with van der Waals surface area (Å²) in [6.07, 6.45) is 0.341. The summed E-state index contributed by atoms with van der Waals surface area (Å²) < 4.78 is 0. The summed E-state index contributed by atoms with van der Waals surface area (Å²) in [5, 5.41) is 0. The van der Waals surface area contributed by atoms with E-state index in [1.54, 1.807) is 0 Å². The zero-order chi connectivity index (χ0) is 12.1. The minimum atomic E-state index is -0.232. The third-order valence-corrected chi connectivity index (χ3v) is 2.73. The van der Waals surface area contributed by atoms with Gasteiger partial charge in [-0.3, -0.25) is 4.79 Å². The second kappa shape index (κ2) is 5.49. The lowest BCUT2D eigenvalue weighted by Crippen LogP contribution is -2.07. The summed E-state index contributed by atoms with van der Waals surface area (Å²) in [6, 6.07) is 19.0. The molecule has 17 heavy (non-hydrogen) atoms. The van der Waals surface area contributed by atoms with Crippen LogP contribution in [0.25, 0.3) is 0 Å². The van der Waals surface area contributed by atoms with Crippen LogP contribution in [0.1, 0.15) is 28.2 Å². The Balaban J connectivity index is 2.05. The Labute approximate surface area is 103 Å². The zero-order valence-electron chi connectivity index (χ0n) is 9.54. The molecule has 82 valence electrons. The van der Waals surface area contributed by atoms with E-state index in [2.05, 4.69) is 0 Å². The summed E-state index contributed by atoms with van der Waals surface area (Å²) in [7, 11) is 6.01. The first-order chi connectivity index (χ1) is 8.27. The van der Waals surface area contributed by atoms with Crippen LogP contribution in [-0.2, 0) is 0 Å². The Bertz CT molecular complexity index is 479. The molecule has 1 atom stereocenters. The molecule has 0 saturated heterocycles. The standard InChI is InChI=1S/C15H13BO/c16-14(12-7-3-1-4-8-12)11-15(17)13-9-5-2-6-10-13/h1-10,14H,11H2/t14-/m1/s1. The maximum absolute atomic E-state index is 11.9. The zero-order valence-corrected chi connectivity index (χ0v) is 9.54. The van der Waals surface area contributed by atoms with Gasteiger partial charge in [-0.2, -0.15) is 0 Å². The van der Waals surface area contributed by atoms with Crippen LogP contribution in [-0.4, -0.2) is 13.6 Å². The van der Waals surface area contributed by atoms with E-state index < -0.39 is 0 Å². The largest absolute Gasteiger partial charge is 0.294 e. The molecule has 0 spiro atoms. The van der Waals surface area contributed by atoms with E-state index in [1.165, 1.54) is 0 Å². The molecule has 0 heterocycles. The first-order valence-electron chi connectivity index (χ1n) is 5.66. The van der Waals surface area contributed by atoms with Gasteiger partial charge in [0, 0.05) is 12.0 Å². The molecule has 2 rings (SSSR count). The molecule has 0 unspecified atom stereocenters. The van der Waals surface area contributed by atoms with E-state index in [-0.39, 0.29) is 11.6 Å². The molecule has 2 heteroatoms. The molecule has 0 aliphatic heterocycles. The van der Waals surface area contributed by atoms with Crippen LogP contribution in [0, 0.1) is 0 Å². The SMILES string of the molecule is [B][C@H](CC(=O)c1ccccc1)c1ccccc1. The predicted molar refractivity (Wildman–Crippen MR) is 70.3 cm³/mol. The van der Waals surface area contributed by atoms with Gasteiger partial charge < -0.3 is 0 Å². The highest BCUT2D eigenvalue weighted by atomic mass is 16.1. The molecule has 0 aliphatic carbocycles. The fourth-order valence-corrected chi connectivity index (χ4v) is 1.76. The number of hydrogen-bond donors (Lipinski definition) is 0. The van der Waals surface area contributed by atoms with Crippen molar-refractivity contribution in [1.82, 2.24) is 0 Å². The van der Waals surface area contributed by atoms with Crippen LogP contribution < -0.4 is 0 Å². The van der Waals surface area contributed by atoms with Crippen molar-refractivity contribution >= 4 is 13.6 Å². The number of benzene rings is 2. The van der Waals surface area contributed by atoms with Gasteiger partial charge in [0.15, 0.2) is 5.78 Å². The van der Waals surface area contributed by atoms with Crippen molar-refractivity contribution in [2.75, 3.05) is 0 Å². The maximum atomic E-state index is 11.9. The number of ketones is 1. The second-order valence-electron chi connectivity index (χ2n) is 4.01. The third kappa shape index (κ3) is 3.07. The fourth-order valence-electron chi connectivity index (χ4n) is 1.76. The van der Waals surface area contributed by atoms with Crippen LogP contribution in [0.4, 0.5) is 0 Å². The van der Waals surface area contributed by atoms with Gasteiger partial charge >= 0.3 is 0 Å². The number of hydrogen-bond acceptors (Lipinski definition) is 1. The quantitative estimate of drug-likeness (QED) is 0.571. The summed E-state index contributed by atoms with van der Waals surface area (Å²) in [5.41, 5.74) is 1.72. The van der Waals surface area contributed by atoms with Crippen molar-refractivity contribution in [3.63, 3.8) is 0 Å². The van der Waals surface area contributed by atoms with Gasteiger partial charge in [-0.1, -0.05) is 66.2 Å². The molecule has 2 radical (unpaired) electrons. The van der Waals surface area contributed by atoms with Crippen molar-refractivity contribution in [1.29, 1.82) is 0 Å².